The van der Waals surface area contributed by atoms with Gasteiger partial charge in [-0.25, -0.2) is 13.2 Å². The molecular weight excluding hydrogens is 470 g/mol. The van der Waals surface area contributed by atoms with E-state index in [0.29, 0.717) is 11.3 Å². The fourth-order valence-corrected chi connectivity index (χ4v) is 4.59. The summed E-state index contributed by atoms with van der Waals surface area (Å²) < 4.78 is 48.0. The number of hydrazine groups is 1. The number of nitrogens with zero attached hydrogens (tertiary/aromatic N) is 2. The van der Waals surface area contributed by atoms with Gasteiger partial charge in [0.15, 0.2) is 9.84 Å². The summed E-state index contributed by atoms with van der Waals surface area (Å²) >= 11 is 0. The minimum atomic E-state index is -3.26. The number of aryl methyl sites for hydroxylation is 1. The number of carbonyl (C=O) groups excluding carboxylic acids is 3. The molecule has 0 radical (unpaired) electrons. The maximum Gasteiger partial charge on any atom is 0.324 e. The first-order chi connectivity index (χ1) is 16.1. The lowest BCUT2D eigenvalue weighted by atomic mass is 10.1. The van der Waals surface area contributed by atoms with Crippen LogP contribution >= 0.6 is 0 Å². The van der Waals surface area contributed by atoms with Crippen LogP contribution in [-0.4, -0.2) is 62.2 Å². The van der Waals surface area contributed by atoms with E-state index in [1.807, 2.05) is 24.5 Å². The van der Waals surface area contributed by atoms with Crippen LogP contribution in [0.15, 0.2) is 48.5 Å². The smallest absolute Gasteiger partial charge is 0.322 e. The molecule has 1 fully saturated rings. The predicted octanol–water partition coefficient (Wildman–Crippen LogP) is 1.88. The normalized spacial score (nSPS) is 15.0. The van der Waals surface area contributed by atoms with Gasteiger partial charge in [0.25, 0.3) is 5.91 Å². The maximum absolute atomic E-state index is 13.3. The van der Waals surface area contributed by atoms with Crippen LogP contribution in [0.25, 0.3) is 0 Å². The van der Waals surface area contributed by atoms with E-state index in [2.05, 4.69) is 0 Å². The monoisotopic (exact) mass is 494 g/mol. The molecule has 2 aromatic rings. The second kappa shape index (κ2) is 10.6. The molecule has 1 heterocycles. The van der Waals surface area contributed by atoms with Gasteiger partial charge in [-0.3, -0.25) is 25.3 Å². The molecule has 0 spiro atoms. The summed E-state index contributed by atoms with van der Waals surface area (Å²) in [5, 5.41) is 0. The van der Waals surface area contributed by atoms with Gasteiger partial charge in [-0.1, -0.05) is 30.3 Å². The molecule has 9 nitrogen and oxygen atoms in total. The van der Waals surface area contributed by atoms with E-state index in [1.165, 1.54) is 17.0 Å². The van der Waals surface area contributed by atoms with E-state index in [1.54, 1.807) is 34.6 Å². The van der Waals surface area contributed by atoms with E-state index in [0.717, 1.165) is 5.56 Å². The first-order valence-electron chi connectivity index (χ1n) is 10.4. The number of alkyl halides is 2. The Kier molecular flexibility index (Phi) is 7.82. The Morgan fingerprint density at radius 1 is 1.00 bits per heavy atom. The molecule has 3 rings (SSSR count). The maximum atomic E-state index is 13.3. The Hall–Kier alpha value is -3.54. The van der Waals surface area contributed by atoms with E-state index >= 15 is 0 Å². The van der Waals surface area contributed by atoms with Crippen LogP contribution in [0, 0.1) is 6.92 Å². The van der Waals surface area contributed by atoms with E-state index < -0.39 is 28.1 Å². The highest BCUT2D eigenvalue weighted by molar-refractivity contribution is 7.91. The van der Waals surface area contributed by atoms with Gasteiger partial charge in [-0.05, 0) is 36.2 Å². The highest BCUT2D eigenvalue weighted by Crippen LogP contribution is 2.24. The van der Waals surface area contributed by atoms with Crippen molar-refractivity contribution in [3.8, 4) is 0 Å². The van der Waals surface area contributed by atoms with Crippen molar-refractivity contribution in [3.63, 3.8) is 0 Å². The number of carbonyl (C=O) groups is 3. The van der Waals surface area contributed by atoms with Gasteiger partial charge >= 0.3 is 18.4 Å². The van der Waals surface area contributed by atoms with Crippen LogP contribution in [0.4, 0.5) is 19.3 Å². The van der Waals surface area contributed by atoms with Crippen LogP contribution < -0.4 is 15.8 Å². The first kappa shape index (κ1) is 25.1. The summed E-state index contributed by atoms with van der Waals surface area (Å²) in [4.78, 5) is 39.3. The molecule has 1 aliphatic rings. The molecule has 2 aromatic carbocycles. The van der Waals surface area contributed by atoms with E-state index in [4.69, 9.17) is 0 Å². The fraction of sp³-hybridized carbons (Fsp3) is 0.318. The van der Waals surface area contributed by atoms with Crippen molar-refractivity contribution in [1.29, 1.82) is 0 Å². The van der Waals surface area contributed by atoms with Crippen molar-refractivity contribution in [2.45, 2.75) is 19.9 Å². The van der Waals surface area contributed by atoms with Gasteiger partial charge in [0.2, 0.25) is 0 Å². The minimum Gasteiger partial charge on any atom is -0.322 e. The van der Waals surface area contributed by atoms with Gasteiger partial charge in [0.1, 0.15) is 0 Å². The van der Waals surface area contributed by atoms with Crippen molar-refractivity contribution in [2.24, 2.45) is 0 Å². The molecule has 2 N–H and O–H groups in total. The number of benzene rings is 2. The minimum absolute atomic E-state index is 0.0910. The van der Waals surface area contributed by atoms with Crippen LogP contribution in [0.1, 0.15) is 21.5 Å². The standard InChI is InChI=1S/C22H24F2N4O5S/c1-15-4-2-3-5-18(15)28(22(31)27-10-12-34(32,33)13-11-27)14-16-6-8-17(9-7-16)20(29)25-26-21(30)19(23)24/h2-9,19H,10-14H2,1H3,(H,25,29)(H,26,30). The summed E-state index contributed by atoms with van der Waals surface area (Å²) in [6, 6.07) is 13.0. The molecule has 0 unspecified atom stereocenters. The molecule has 1 saturated heterocycles. The number of amides is 4. The lowest BCUT2D eigenvalue weighted by Gasteiger charge is -2.33. The lowest BCUT2D eigenvalue weighted by molar-refractivity contribution is -0.132. The Labute approximate surface area is 195 Å². The summed E-state index contributed by atoms with van der Waals surface area (Å²) in [7, 11) is -3.15. The fourth-order valence-electron chi connectivity index (χ4n) is 3.39. The van der Waals surface area contributed by atoms with Crippen molar-refractivity contribution in [2.75, 3.05) is 29.5 Å². The topological polar surface area (TPSA) is 116 Å². The number of rotatable bonds is 5. The Morgan fingerprint density at radius 3 is 2.21 bits per heavy atom. The lowest BCUT2D eigenvalue weighted by Crippen LogP contribution is -2.50. The zero-order valence-electron chi connectivity index (χ0n) is 18.3. The molecule has 0 atom stereocenters. The van der Waals surface area contributed by atoms with E-state index in [9.17, 15) is 31.6 Å². The largest absolute Gasteiger partial charge is 0.324 e. The molecule has 0 saturated carbocycles. The summed E-state index contributed by atoms with van der Waals surface area (Å²) in [6.07, 6.45) is -3.26. The summed E-state index contributed by atoms with van der Waals surface area (Å²) in [5.41, 5.74) is 5.84. The second-order valence-corrected chi connectivity index (χ2v) is 10.0. The van der Waals surface area contributed by atoms with Crippen molar-refractivity contribution in [3.05, 3.63) is 65.2 Å². The number of urea groups is 1. The summed E-state index contributed by atoms with van der Waals surface area (Å²) in [6.45, 7) is 2.22. The molecule has 1 aliphatic heterocycles. The Balaban J connectivity index is 1.76. The third kappa shape index (κ3) is 6.28. The van der Waals surface area contributed by atoms with Gasteiger partial charge in [-0.2, -0.15) is 8.78 Å². The molecule has 4 amide bonds. The number of halogens is 2. The molecule has 182 valence electrons. The van der Waals surface area contributed by atoms with Crippen LogP contribution in [-0.2, 0) is 21.2 Å². The number of nitrogens with one attached hydrogen (secondary N) is 2. The zero-order valence-corrected chi connectivity index (χ0v) is 19.1. The highest BCUT2D eigenvalue weighted by Gasteiger charge is 2.29. The zero-order chi connectivity index (χ0) is 24.9. The Morgan fingerprint density at radius 2 is 1.62 bits per heavy atom. The molecule has 0 aliphatic carbocycles. The quantitative estimate of drug-likeness (QED) is 0.616. The molecule has 0 bridgehead atoms. The molecule has 12 heteroatoms. The SMILES string of the molecule is Cc1ccccc1N(Cc1ccc(C(=O)NNC(=O)C(F)F)cc1)C(=O)N1CCS(=O)(=O)CC1. The van der Waals surface area contributed by atoms with Crippen LogP contribution in [0.5, 0.6) is 0 Å². The van der Waals surface area contributed by atoms with Crippen LogP contribution in [0.3, 0.4) is 0 Å². The van der Waals surface area contributed by atoms with Gasteiger partial charge in [0.05, 0.1) is 18.1 Å². The van der Waals surface area contributed by atoms with Crippen molar-refractivity contribution < 1.29 is 31.6 Å². The third-order valence-electron chi connectivity index (χ3n) is 5.31. The average molecular weight is 495 g/mol. The summed E-state index contributed by atoms with van der Waals surface area (Å²) in [5.74, 6) is -2.58. The third-order valence-corrected chi connectivity index (χ3v) is 6.92. The molecular formula is C22H24F2N4O5S. The number of hydrogen-bond donors (Lipinski definition) is 2. The van der Waals surface area contributed by atoms with Gasteiger partial charge in [-0.15, -0.1) is 0 Å². The van der Waals surface area contributed by atoms with Crippen molar-refractivity contribution >= 4 is 33.4 Å². The first-order valence-corrected chi connectivity index (χ1v) is 12.2. The Bertz CT molecular complexity index is 1160. The number of anilines is 1. The number of para-hydroxylation sites is 1. The second-order valence-electron chi connectivity index (χ2n) is 7.74. The number of hydrogen-bond acceptors (Lipinski definition) is 5. The average Bonchev–Trinajstić information content (AvgIpc) is 2.81. The van der Waals surface area contributed by atoms with Crippen LogP contribution in [0.2, 0.25) is 0 Å². The number of sulfone groups is 1. The highest BCUT2D eigenvalue weighted by atomic mass is 32.2. The van der Waals surface area contributed by atoms with E-state index in [-0.39, 0.29) is 42.7 Å². The molecule has 34 heavy (non-hydrogen) atoms. The van der Waals surface area contributed by atoms with Crippen molar-refractivity contribution in [1.82, 2.24) is 15.8 Å². The molecule has 0 aromatic heterocycles. The predicted molar refractivity (Wildman–Crippen MR) is 121 cm³/mol. The van der Waals surface area contributed by atoms with Gasteiger partial charge < -0.3 is 4.90 Å². The van der Waals surface area contributed by atoms with Gasteiger partial charge in [0, 0.05) is 24.3 Å².